The maximum atomic E-state index is 12.8. The fraction of sp³-hybridized carbons (Fsp3) is 0.842. The van der Waals surface area contributed by atoms with Crippen LogP contribution in [0, 0.1) is 11.8 Å². The van der Waals surface area contributed by atoms with E-state index in [0.717, 1.165) is 70.0 Å². The standard InChI is InChI=1S/C19H30N6O.2ClH/c26-19(17-13-25(22-21-17)16-3-5-20-6-4-16)24-9-7-23(8-10-24)18-12-14-1-2-15(18)11-14;;/h13-16,18,20H,1-12H2;2*1H. The van der Waals surface area contributed by atoms with Crippen LogP contribution in [0.15, 0.2) is 6.20 Å². The highest BCUT2D eigenvalue weighted by molar-refractivity contribution is 5.92. The van der Waals surface area contributed by atoms with Gasteiger partial charge in [0.2, 0.25) is 0 Å². The van der Waals surface area contributed by atoms with Crippen LogP contribution in [0.25, 0.3) is 0 Å². The van der Waals surface area contributed by atoms with E-state index in [1.54, 1.807) is 0 Å². The minimum Gasteiger partial charge on any atom is -0.335 e. The quantitative estimate of drug-likeness (QED) is 0.793. The first kappa shape index (κ1) is 21.8. The van der Waals surface area contributed by atoms with Gasteiger partial charge in [-0.15, -0.1) is 29.9 Å². The molecule has 0 aromatic carbocycles. The third-order valence-corrected chi connectivity index (χ3v) is 7.18. The first-order valence-corrected chi connectivity index (χ1v) is 10.4. The number of halogens is 2. The van der Waals surface area contributed by atoms with Gasteiger partial charge in [0.15, 0.2) is 5.69 Å². The zero-order valence-corrected chi connectivity index (χ0v) is 18.0. The Morgan fingerprint density at radius 1 is 1.00 bits per heavy atom. The number of piperidine rings is 1. The van der Waals surface area contributed by atoms with Crippen molar-refractivity contribution in [2.45, 2.75) is 50.6 Å². The molecule has 5 rings (SSSR count). The number of rotatable bonds is 3. The molecule has 1 aromatic heterocycles. The Hall–Kier alpha value is -0.890. The highest BCUT2D eigenvalue weighted by atomic mass is 35.5. The van der Waals surface area contributed by atoms with Crippen LogP contribution in [0.2, 0.25) is 0 Å². The lowest BCUT2D eigenvalue weighted by Crippen LogP contribution is -2.53. The lowest BCUT2D eigenvalue weighted by atomic mass is 9.93. The number of nitrogens with one attached hydrogen (secondary N) is 1. The van der Waals surface area contributed by atoms with Crippen molar-refractivity contribution < 1.29 is 4.79 Å². The van der Waals surface area contributed by atoms with Gasteiger partial charge in [0.1, 0.15) is 0 Å². The van der Waals surface area contributed by atoms with Gasteiger partial charge in [-0.3, -0.25) is 9.69 Å². The number of hydrogen-bond acceptors (Lipinski definition) is 5. The summed E-state index contributed by atoms with van der Waals surface area (Å²) in [5, 5.41) is 11.8. The van der Waals surface area contributed by atoms with Crippen molar-refractivity contribution in [3.8, 4) is 0 Å². The Labute approximate surface area is 179 Å². The van der Waals surface area contributed by atoms with Crippen LogP contribution >= 0.6 is 24.8 Å². The van der Waals surface area contributed by atoms with E-state index >= 15 is 0 Å². The van der Waals surface area contributed by atoms with Crippen molar-refractivity contribution in [1.29, 1.82) is 0 Å². The number of nitrogens with zero attached hydrogens (tertiary/aromatic N) is 5. The number of piperazine rings is 1. The molecule has 2 aliphatic carbocycles. The molecule has 9 heteroatoms. The van der Waals surface area contributed by atoms with Gasteiger partial charge in [0.05, 0.1) is 12.2 Å². The van der Waals surface area contributed by atoms with E-state index in [0.29, 0.717) is 11.7 Å². The predicted octanol–water partition coefficient (Wildman–Crippen LogP) is 1.99. The Morgan fingerprint density at radius 3 is 2.39 bits per heavy atom. The number of carbonyl (C=O) groups excluding carboxylic acids is 1. The molecule has 0 spiro atoms. The van der Waals surface area contributed by atoms with Crippen LogP contribution < -0.4 is 5.32 Å². The topological polar surface area (TPSA) is 66.3 Å². The molecular weight excluding hydrogens is 399 g/mol. The molecule has 2 aliphatic heterocycles. The second-order valence-electron chi connectivity index (χ2n) is 8.64. The number of carbonyl (C=O) groups is 1. The molecule has 4 fully saturated rings. The monoisotopic (exact) mass is 430 g/mol. The summed E-state index contributed by atoms with van der Waals surface area (Å²) in [6.07, 6.45) is 9.69. The summed E-state index contributed by atoms with van der Waals surface area (Å²) in [5.74, 6) is 1.96. The zero-order valence-electron chi connectivity index (χ0n) is 16.3. The van der Waals surface area contributed by atoms with E-state index in [9.17, 15) is 4.79 Å². The number of hydrogen-bond donors (Lipinski definition) is 1. The van der Waals surface area contributed by atoms with Crippen LogP contribution in [-0.2, 0) is 0 Å². The lowest BCUT2D eigenvalue weighted by molar-refractivity contribution is 0.0491. The molecule has 2 saturated carbocycles. The molecule has 7 nitrogen and oxygen atoms in total. The third kappa shape index (κ3) is 4.18. The maximum Gasteiger partial charge on any atom is 0.276 e. The Morgan fingerprint density at radius 2 is 1.75 bits per heavy atom. The highest BCUT2D eigenvalue weighted by Crippen LogP contribution is 2.46. The second kappa shape index (κ2) is 9.28. The summed E-state index contributed by atoms with van der Waals surface area (Å²) in [6.45, 7) is 5.71. The van der Waals surface area contributed by atoms with Gasteiger partial charge in [-0.1, -0.05) is 11.6 Å². The average Bonchev–Trinajstić information content (AvgIpc) is 3.45. The van der Waals surface area contributed by atoms with Crippen molar-refractivity contribution in [2.24, 2.45) is 11.8 Å². The van der Waals surface area contributed by atoms with Crippen LogP contribution in [0.3, 0.4) is 0 Å². The summed E-state index contributed by atoms with van der Waals surface area (Å²) in [4.78, 5) is 17.5. The van der Waals surface area contributed by atoms with Crippen molar-refractivity contribution in [3.05, 3.63) is 11.9 Å². The molecule has 158 valence electrons. The van der Waals surface area contributed by atoms with Crippen LogP contribution in [0.1, 0.15) is 55.1 Å². The molecule has 3 unspecified atom stereocenters. The molecule has 2 bridgehead atoms. The molecule has 0 radical (unpaired) electrons. The van der Waals surface area contributed by atoms with Gasteiger partial charge in [-0.2, -0.15) is 0 Å². The number of fused-ring (bicyclic) bond motifs is 2. The molecular formula is C19H32Cl2N6O. The minimum absolute atomic E-state index is 0. The molecule has 28 heavy (non-hydrogen) atoms. The van der Waals surface area contributed by atoms with Crippen LogP contribution in [0.5, 0.6) is 0 Å². The maximum absolute atomic E-state index is 12.8. The van der Waals surface area contributed by atoms with Crippen molar-refractivity contribution in [3.63, 3.8) is 0 Å². The lowest BCUT2D eigenvalue weighted by Gasteiger charge is -2.40. The normalized spacial score (nSPS) is 30.7. The third-order valence-electron chi connectivity index (χ3n) is 7.18. The number of aromatic nitrogens is 3. The minimum atomic E-state index is 0. The molecule has 4 aliphatic rings. The van der Waals surface area contributed by atoms with Gasteiger partial charge in [0, 0.05) is 32.2 Å². The molecule has 1 aromatic rings. The van der Waals surface area contributed by atoms with Gasteiger partial charge in [-0.25, -0.2) is 4.68 Å². The SMILES string of the molecule is Cl.Cl.O=C(c1cn(C2CCNCC2)nn1)N1CCN(C2CC3CCC2C3)CC1. The summed E-state index contributed by atoms with van der Waals surface area (Å²) < 4.78 is 1.90. The molecule has 3 atom stereocenters. The second-order valence-corrected chi connectivity index (χ2v) is 8.64. The van der Waals surface area contributed by atoms with Gasteiger partial charge >= 0.3 is 0 Å². The van der Waals surface area contributed by atoms with Crippen LogP contribution in [0.4, 0.5) is 0 Å². The summed E-state index contributed by atoms with van der Waals surface area (Å²) >= 11 is 0. The molecule has 1 amide bonds. The molecule has 2 saturated heterocycles. The largest absolute Gasteiger partial charge is 0.335 e. The Kier molecular flexibility index (Phi) is 7.23. The fourth-order valence-corrected chi connectivity index (χ4v) is 5.70. The van der Waals surface area contributed by atoms with E-state index in [2.05, 4.69) is 20.5 Å². The van der Waals surface area contributed by atoms with E-state index < -0.39 is 0 Å². The van der Waals surface area contributed by atoms with E-state index in [-0.39, 0.29) is 30.7 Å². The van der Waals surface area contributed by atoms with Gasteiger partial charge in [-0.05, 0) is 57.0 Å². The van der Waals surface area contributed by atoms with Crippen LogP contribution in [-0.4, -0.2) is 76.0 Å². The van der Waals surface area contributed by atoms with Gasteiger partial charge in [0.25, 0.3) is 5.91 Å². The van der Waals surface area contributed by atoms with Crippen molar-refractivity contribution in [1.82, 2.24) is 30.1 Å². The summed E-state index contributed by atoms with van der Waals surface area (Å²) in [6, 6.07) is 1.16. The highest BCUT2D eigenvalue weighted by Gasteiger charge is 2.43. The first-order chi connectivity index (χ1) is 12.8. The average molecular weight is 431 g/mol. The smallest absolute Gasteiger partial charge is 0.276 e. The van der Waals surface area contributed by atoms with Crippen molar-refractivity contribution >= 4 is 30.7 Å². The first-order valence-electron chi connectivity index (χ1n) is 10.4. The predicted molar refractivity (Wildman–Crippen MR) is 112 cm³/mol. The molecule has 3 heterocycles. The number of amides is 1. The van der Waals surface area contributed by atoms with E-state index in [4.69, 9.17) is 0 Å². The van der Waals surface area contributed by atoms with E-state index in [1.165, 1.54) is 25.7 Å². The Balaban J connectivity index is 0.00000112. The van der Waals surface area contributed by atoms with Gasteiger partial charge < -0.3 is 10.2 Å². The van der Waals surface area contributed by atoms with E-state index in [1.807, 2.05) is 15.8 Å². The Bertz CT molecular complexity index is 657. The zero-order chi connectivity index (χ0) is 17.5. The fourth-order valence-electron chi connectivity index (χ4n) is 5.70. The molecule has 1 N–H and O–H groups in total. The van der Waals surface area contributed by atoms with Crippen molar-refractivity contribution in [2.75, 3.05) is 39.3 Å². The summed E-state index contributed by atoms with van der Waals surface area (Å²) in [7, 11) is 0. The summed E-state index contributed by atoms with van der Waals surface area (Å²) in [5.41, 5.74) is 0.511.